The summed E-state index contributed by atoms with van der Waals surface area (Å²) >= 11 is 0. The molecule has 78 valence electrons. The van der Waals surface area contributed by atoms with E-state index in [-0.39, 0.29) is 6.10 Å². The van der Waals surface area contributed by atoms with Crippen molar-refractivity contribution in [1.29, 1.82) is 0 Å². The summed E-state index contributed by atoms with van der Waals surface area (Å²) in [6, 6.07) is 0. The van der Waals surface area contributed by atoms with Crippen molar-refractivity contribution < 1.29 is 14.6 Å². The van der Waals surface area contributed by atoms with E-state index in [1.54, 1.807) is 7.11 Å². The summed E-state index contributed by atoms with van der Waals surface area (Å²) in [4.78, 5) is 13.3. The second-order valence-electron chi connectivity index (χ2n) is 4.03. The van der Waals surface area contributed by atoms with E-state index >= 15 is 0 Å². The average Bonchev–Trinajstić information content (AvgIpc) is 2.65. The van der Waals surface area contributed by atoms with E-state index in [1.165, 1.54) is 0 Å². The van der Waals surface area contributed by atoms with Gasteiger partial charge in [-0.3, -0.25) is 4.90 Å². The summed E-state index contributed by atoms with van der Waals surface area (Å²) in [7, 11) is 1.63. The van der Waals surface area contributed by atoms with Crippen LogP contribution in [0.1, 0.15) is 12.8 Å². The molecule has 0 bridgehead atoms. The van der Waals surface area contributed by atoms with Crippen molar-refractivity contribution in [2.75, 3.05) is 20.2 Å². The number of fused-ring (bicyclic) bond motifs is 1. The maximum Gasteiger partial charge on any atom is 0.328 e. The van der Waals surface area contributed by atoms with Crippen molar-refractivity contribution in [3.8, 4) is 0 Å². The van der Waals surface area contributed by atoms with Crippen LogP contribution in [0.2, 0.25) is 0 Å². The molecule has 2 rings (SSSR count). The number of carboxylic acids is 1. The van der Waals surface area contributed by atoms with Gasteiger partial charge in [0.25, 0.3) is 0 Å². The summed E-state index contributed by atoms with van der Waals surface area (Å²) in [6.45, 7) is 5.39. The Morgan fingerprint density at radius 2 is 2.50 bits per heavy atom. The minimum absolute atomic E-state index is 0.0307. The van der Waals surface area contributed by atoms with Gasteiger partial charge in [-0.1, -0.05) is 6.58 Å². The number of nitrogens with zero attached hydrogens (tertiary/aromatic N) is 1. The number of ether oxygens (including phenoxy) is 1. The molecular formula is C10H15NO3. The van der Waals surface area contributed by atoms with Gasteiger partial charge >= 0.3 is 5.97 Å². The molecule has 2 aliphatic rings. The van der Waals surface area contributed by atoms with Gasteiger partial charge < -0.3 is 9.84 Å². The zero-order chi connectivity index (χ0) is 10.3. The van der Waals surface area contributed by atoms with Crippen molar-refractivity contribution in [2.24, 2.45) is 0 Å². The second kappa shape index (κ2) is 3.07. The van der Waals surface area contributed by atoms with Crippen LogP contribution in [0.5, 0.6) is 0 Å². The van der Waals surface area contributed by atoms with Crippen LogP contribution in [-0.4, -0.2) is 47.8 Å². The minimum Gasteiger partial charge on any atom is -0.480 e. The zero-order valence-corrected chi connectivity index (χ0v) is 8.32. The minimum atomic E-state index is -0.833. The summed E-state index contributed by atoms with van der Waals surface area (Å²) < 4.78 is 5.22. The van der Waals surface area contributed by atoms with Gasteiger partial charge in [-0.2, -0.15) is 0 Å². The number of carboxylic acid groups (broad SMARTS) is 1. The SMILES string of the molecule is C=C1CCN2CC(OC)CC12C(=O)O. The molecule has 2 atom stereocenters. The highest BCUT2D eigenvalue weighted by molar-refractivity contribution is 5.84. The molecule has 1 N–H and O–H groups in total. The van der Waals surface area contributed by atoms with Gasteiger partial charge in [0.15, 0.2) is 0 Å². The van der Waals surface area contributed by atoms with Crippen molar-refractivity contribution in [1.82, 2.24) is 4.90 Å². The van der Waals surface area contributed by atoms with Crippen LogP contribution in [0.3, 0.4) is 0 Å². The number of rotatable bonds is 2. The standard InChI is InChI=1S/C10H15NO3/c1-7-3-4-11-6-8(14-2)5-10(7,11)9(12)13/h8H,1,3-6H2,2H3,(H,12,13). The predicted octanol–water partition coefficient (Wildman–Crippen LogP) is 0.490. The Morgan fingerprint density at radius 1 is 1.79 bits per heavy atom. The predicted molar refractivity (Wildman–Crippen MR) is 51.1 cm³/mol. The molecule has 0 saturated carbocycles. The van der Waals surface area contributed by atoms with Crippen molar-refractivity contribution in [2.45, 2.75) is 24.5 Å². The molecular weight excluding hydrogens is 182 g/mol. The van der Waals surface area contributed by atoms with Crippen LogP contribution >= 0.6 is 0 Å². The van der Waals surface area contributed by atoms with Crippen LogP contribution in [0.15, 0.2) is 12.2 Å². The van der Waals surface area contributed by atoms with Crippen LogP contribution in [0.4, 0.5) is 0 Å². The molecule has 4 nitrogen and oxygen atoms in total. The first kappa shape index (κ1) is 9.68. The molecule has 2 fully saturated rings. The molecule has 14 heavy (non-hydrogen) atoms. The number of aliphatic carboxylic acids is 1. The normalized spacial score (nSPS) is 37.5. The van der Waals surface area contributed by atoms with Crippen LogP contribution in [-0.2, 0) is 9.53 Å². The Kier molecular flexibility index (Phi) is 2.12. The highest BCUT2D eigenvalue weighted by atomic mass is 16.5. The van der Waals surface area contributed by atoms with Gasteiger partial charge in [-0.15, -0.1) is 0 Å². The first-order valence-electron chi connectivity index (χ1n) is 4.80. The van der Waals surface area contributed by atoms with Gasteiger partial charge in [-0.05, 0) is 12.0 Å². The molecule has 0 radical (unpaired) electrons. The fourth-order valence-corrected chi connectivity index (χ4v) is 2.58. The van der Waals surface area contributed by atoms with Gasteiger partial charge in [0.05, 0.1) is 6.10 Å². The highest BCUT2D eigenvalue weighted by Crippen LogP contribution is 2.42. The lowest BCUT2D eigenvalue weighted by molar-refractivity contribution is -0.146. The monoisotopic (exact) mass is 197 g/mol. The molecule has 0 aliphatic carbocycles. The Morgan fingerprint density at radius 3 is 3.00 bits per heavy atom. The van der Waals surface area contributed by atoms with Crippen LogP contribution < -0.4 is 0 Å². The van der Waals surface area contributed by atoms with E-state index in [4.69, 9.17) is 4.74 Å². The molecule has 2 saturated heterocycles. The number of hydrogen-bond acceptors (Lipinski definition) is 3. The molecule has 0 amide bonds. The van der Waals surface area contributed by atoms with Gasteiger partial charge in [-0.25, -0.2) is 4.79 Å². The summed E-state index contributed by atoms with van der Waals surface area (Å²) in [5.41, 5.74) is -0.00900. The quantitative estimate of drug-likeness (QED) is 0.654. The molecule has 4 heteroatoms. The Bertz CT molecular complexity index is 289. The molecule has 0 aromatic carbocycles. The summed E-state index contributed by atoms with van der Waals surface area (Å²) in [5, 5.41) is 9.30. The lowest BCUT2D eigenvalue weighted by Gasteiger charge is -2.27. The van der Waals surface area contributed by atoms with Crippen molar-refractivity contribution in [3.63, 3.8) is 0 Å². The first-order chi connectivity index (χ1) is 6.61. The van der Waals surface area contributed by atoms with Crippen molar-refractivity contribution >= 4 is 5.97 Å². The average molecular weight is 197 g/mol. The maximum atomic E-state index is 11.3. The highest BCUT2D eigenvalue weighted by Gasteiger charge is 2.56. The number of hydrogen-bond donors (Lipinski definition) is 1. The van der Waals surface area contributed by atoms with E-state index in [1.807, 2.05) is 4.90 Å². The molecule has 0 spiro atoms. The molecule has 0 aromatic heterocycles. The van der Waals surface area contributed by atoms with Crippen molar-refractivity contribution in [3.05, 3.63) is 12.2 Å². The third-order valence-electron chi connectivity index (χ3n) is 3.44. The van der Waals surface area contributed by atoms with Gasteiger partial charge in [0.2, 0.25) is 0 Å². The summed E-state index contributed by atoms with van der Waals surface area (Å²) in [5.74, 6) is -0.778. The maximum absolute atomic E-state index is 11.3. The fraction of sp³-hybridized carbons (Fsp3) is 0.700. The molecule has 2 unspecified atom stereocenters. The third-order valence-corrected chi connectivity index (χ3v) is 3.44. The second-order valence-corrected chi connectivity index (χ2v) is 4.03. The zero-order valence-electron chi connectivity index (χ0n) is 8.32. The Hall–Kier alpha value is -0.870. The lowest BCUT2D eigenvalue weighted by Crippen LogP contribution is -2.46. The van der Waals surface area contributed by atoms with Gasteiger partial charge in [0.1, 0.15) is 5.54 Å². The number of carbonyl (C=O) groups is 1. The van der Waals surface area contributed by atoms with E-state index in [0.717, 1.165) is 18.5 Å². The first-order valence-corrected chi connectivity index (χ1v) is 4.80. The van der Waals surface area contributed by atoms with Gasteiger partial charge in [0, 0.05) is 26.6 Å². The largest absolute Gasteiger partial charge is 0.480 e. The topological polar surface area (TPSA) is 49.8 Å². The summed E-state index contributed by atoms with van der Waals surface area (Å²) in [6.07, 6.45) is 1.36. The van der Waals surface area contributed by atoms with E-state index in [9.17, 15) is 9.90 Å². The smallest absolute Gasteiger partial charge is 0.328 e. The van der Waals surface area contributed by atoms with E-state index in [2.05, 4.69) is 6.58 Å². The van der Waals surface area contributed by atoms with E-state index < -0.39 is 11.5 Å². The lowest BCUT2D eigenvalue weighted by atomic mass is 9.89. The molecule has 2 heterocycles. The third kappa shape index (κ3) is 1.04. The van der Waals surface area contributed by atoms with Crippen LogP contribution in [0, 0.1) is 0 Å². The number of methoxy groups -OCH3 is 1. The van der Waals surface area contributed by atoms with E-state index in [0.29, 0.717) is 13.0 Å². The van der Waals surface area contributed by atoms with Crippen LogP contribution in [0.25, 0.3) is 0 Å². The fourth-order valence-electron chi connectivity index (χ4n) is 2.58. The Labute approximate surface area is 83.2 Å². The Balaban J connectivity index is 2.32. The molecule has 0 aromatic rings. The molecule has 2 aliphatic heterocycles.